The van der Waals surface area contributed by atoms with Gasteiger partial charge in [0.1, 0.15) is 12.6 Å². The van der Waals surface area contributed by atoms with Gasteiger partial charge < -0.3 is 15.0 Å². The summed E-state index contributed by atoms with van der Waals surface area (Å²) < 4.78 is 70.6. The smallest absolute Gasteiger partial charge is 0.416 e. The lowest BCUT2D eigenvalue weighted by molar-refractivity contribution is -0.137. The second-order valence-corrected chi connectivity index (χ2v) is 9.62. The van der Waals surface area contributed by atoms with Crippen LogP contribution in [-0.2, 0) is 32.3 Å². The Morgan fingerprint density at radius 3 is 2.29 bits per heavy atom. The van der Waals surface area contributed by atoms with Crippen molar-refractivity contribution in [3.05, 3.63) is 65.7 Å². The number of carbonyl (C=O) groups excluding carboxylic acids is 2. The summed E-state index contributed by atoms with van der Waals surface area (Å²) in [5.41, 5.74) is -0.267. The van der Waals surface area contributed by atoms with Crippen LogP contribution in [0.2, 0.25) is 0 Å². The van der Waals surface area contributed by atoms with E-state index in [-0.39, 0.29) is 32.8 Å². The Morgan fingerprint density at radius 2 is 1.68 bits per heavy atom. The molecular formula is C22H24F3N3O5S. The van der Waals surface area contributed by atoms with E-state index in [1.165, 1.54) is 11.8 Å². The molecule has 0 spiro atoms. The molecule has 12 heteroatoms. The molecule has 2 aromatic carbocycles. The molecule has 1 saturated heterocycles. The Labute approximate surface area is 195 Å². The molecule has 0 aliphatic carbocycles. The number of piperazine rings is 1. The Kier molecular flexibility index (Phi) is 7.82. The van der Waals surface area contributed by atoms with Gasteiger partial charge in [-0.2, -0.15) is 17.5 Å². The normalized spacial score (nSPS) is 16.1. The van der Waals surface area contributed by atoms with Crippen molar-refractivity contribution in [1.82, 2.24) is 14.5 Å². The van der Waals surface area contributed by atoms with Crippen LogP contribution >= 0.6 is 0 Å². The van der Waals surface area contributed by atoms with Gasteiger partial charge in [-0.1, -0.05) is 36.4 Å². The van der Waals surface area contributed by atoms with E-state index in [4.69, 9.17) is 4.74 Å². The van der Waals surface area contributed by atoms with Crippen LogP contribution < -0.4 is 5.32 Å². The van der Waals surface area contributed by atoms with Crippen molar-refractivity contribution in [3.8, 4) is 0 Å². The number of alkyl halides is 3. The molecule has 184 valence electrons. The maximum absolute atomic E-state index is 12.9. The van der Waals surface area contributed by atoms with E-state index < -0.39 is 44.7 Å². The van der Waals surface area contributed by atoms with Crippen LogP contribution in [0.5, 0.6) is 0 Å². The van der Waals surface area contributed by atoms with Gasteiger partial charge in [0.05, 0.1) is 10.5 Å². The molecule has 1 N–H and O–H groups in total. The molecule has 0 saturated carbocycles. The highest BCUT2D eigenvalue weighted by atomic mass is 32.2. The minimum absolute atomic E-state index is 0.0299. The zero-order chi connectivity index (χ0) is 24.9. The maximum atomic E-state index is 12.9. The first-order valence-corrected chi connectivity index (χ1v) is 11.9. The standard InChI is InChI=1S/C22H24F3N3O5S/c1-16(26-21(30)33-15-17-6-3-2-4-7-17)20(29)27-10-12-28(13-11-27)34(31,32)19-9-5-8-18(14-19)22(23,24)25/h2-9,14,16H,10-13,15H2,1H3,(H,26,30)/t16-/m0/s1. The third-order valence-electron chi connectivity index (χ3n) is 5.27. The summed E-state index contributed by atoms with van der Waals surface area (Å²) in [5.74, 6) is -0.423. The Morgan fingerprint density at radius 1 is 1.03 bits per heavy atom. The van der Waals surface area contributed by atoms with E-state index in [9.17, 15) is 31.2 Å². The number of benzene rings is 2. The van der Waals surface area contributed by atoms with Crippen LogP contribution in [-0.4, -0.2) is 61.8 Å². The van der Waals surface area contributed by atoms with Gasteiger partial charge in [0.15, 0.2) is 0 Å². The highest BCUT2D eigenvalue weighted by Gasteiger charge is 2.35. The minimum Gasteiger partial charge on any atom is -0.445 e. The number of hydrogen-bond acceptors (Lipinski definition) is 5. The highest BCUT2D eigenvalue weighted by molar-refractivity contribution is 7.89. The quantitative estimate of drug-likeness (QED) is 0.660. The molecule has 8 nitrogen and oxygen atoms in total. The van der Waals surface area contributed by atoms with Gasteiger partial charge in [-0.05, 0) is 30.7 Å². The average Bonchev–Trinajstić information content (AvgIpc) is 2.82. The maximum Gasteiger partial charge on any atom is 0.416 e. The first-order chi connectivity index (χ1) is 16.0. The van der Waals surface area contributed by atoms with Crippen LogP contribution in [0.4, 0.5) is 18.0 Å². The second kappa shape index (κ2) is 10.4. The van der Waals surface area contributed by atoms with Crippen LogP contribution in [0.25, 0.3) is 0 Å². The van der Waals surface area contributed by atoms with Crippen molar-refractivity contribution in [1.29, 1.82) is 0 Å². The van der Waals surface area contributed by atoms with E-state index in [1.54, 1.807) is 24.3 Å². The number of amides is 2. The number of hydrogen-bond donors (Lipinski definition) is 1. The Bertz CT molecular complexity index is 1120. The molecule has 1 atom stereocenters. The second-order valence-electron chi connectivity index (χ2n) is 7.68. The fraction of sp³-hybridized carbons (Fsp3) is 0.364. The van der Waals surface area contributed by atoms with Gasteiger partial charge in [0.2, 0.25) is 15.9 Å². The van der Waals surface area contributed by atoms with Gasteiger partial charge >= 0.3 is 12.3 Å². The van der Waals surface area contributed by atoms with Gasteiger partial charge in [-0.15, -0.1) is 0 Å². The summed E-state index contributed by atoms with van der Waals surface area (Å²) in [5, 5.41) is 2.44. The van der Waals surface area contributed by atoms with E-state index in [2.05, 4.69) is 5.32 Å². The molecule has 1 aliphatic heterocycles. The summed E-state index contributed by atoms with van der Waals surface area (Å²) in [7, 11) is -4.16. The number of carbonyl (C=O) groups is 2. The summed E-state index contributed by atoms with van der Waals surface area (Å²) in [6, 6.07) is 11.6. The van der Waals surface area contributed by atoms with E-state index in [1.807, 2.05) is 6.07 Å². The molecule has 0 bridgehead atoms. The fourth-order valence-electron chi connectivity index (χ4n) is 3.41. The van der Waals surface area contributed by atoms with E-state index in [0.29, 0.717) is 6.07 Å². The van der Waals surface area contributed by atoms with Crippen LogP contribution in [0.3, 0.4) is 0 Å². The van der Waals surface area contributed by atoms with Gasteiger partial charge in [0, 0.05) is 26.2 Å². The van der Waals surface area contributed by atoms with Crippen molar-refractivity contribution in [3.63, 3.8) is 0 Å². The number of rotatable bonds is 6. The summed E-state index contributed by atoms with van der Waals surface area (Å²) >= 11 is 0. The van der Waals surface area contributed by atoms with Gasteiger partial charge in [0.25, 0.3) is 0 Å². The monoisotopic (exact) mass is 499 g/mol. The lowest BCUT2D eigenvalue weighted by Gasteiger charge is -2.35. The predicted molar refractivity (Wildman–Crippen MR) is 116 cm³/mol. The lowest BCUT2D eigenvalue weighted by atomic mass is 10.2. The first kappa shape index (κ1) is 25.5. The molecule has 0 unspecified atom stereocenters. The molecule has 1 heterocycles. The number of sulfonamides is 1. The number of nitrogens with zero attached hydrogens (tertiary/aromatic N) is 2. The molecule has 1 fully saturated rings. The van der Waals surface area contributed by atoms with Crippen molar-refractivity contribution in [2.45, 2.75) is 30.6 Å². The van der Waals surface area contributed by atoms with Crippen molar-refractivity contribution in [2.75, 3.05) is 26.2 Å². The van der Waals surface area contributed by atoms with Crippen molar-refractivity contribution in [2.24, 2.45) is 0 Å². The molecule has 2 amide bonds. The molecule has 0 radical (unpaired) electrons. The van der Waals surface area contributed by atoms with Crippen LogP contribution in [0.15, 0.2) is 59.5 Å². The van der Waals surface area contributed by atoms with E-state index >= 15 is 0 Å². The molecule has 34 heavy (non-hydrogen) atoms. The lowest BCUT2D eigenvalue weighted by Crippen LogP contribution is -2.55. The van der Waals surface area contributed by atoms with E-state index in [0.717, 1.165) is 28.1 Å². The largest absolute Gasteiger partial charge is 0.445 e. The number of alkyl carbamates (subject to hydrolysis) is 1. The predicted octanol–water partition coefficient (Wildman–Crippen LogP) is 2.85. The summed E-state index contributed by atoms with van der Waals surface area (Å²) in [4.78, 5) is 25.6. The molecule has 2 aromatic rings. The molecule has 3 rings (SSSR count). The highest BCUT2D eigenvalue weighted by Crippen LogP contribution is 2.31. The third-order valence-corrected chi connectivity index (χ3v) is 7.16. The number of nitrogens with one attached hydrogen (secondary N) is 1. The SMILES string of the molecule is C[C@H](NC(=O)OCc1ccccc1)C(=O)N1CCN(S(=O)(=O)c2cccc(C(F)(F)F)c2)CC1. The van der Waals surface area contributed by atoms with Gasteiger partial charge in [-0.25, -0.2) is 13.2 Å². The zero-order valence-electron chi connectivity index (χ0n) is 18.3. The Balaban J connectivity index is 1.53. The summed E-state index contributed by atoms with van der Waals surface area (Å²) in [6.45, 7) is 1.41. The van der Waals surface area contributed by atoms with Crippen molar-refractivity contribution >= 4 is 22.0 Å². The molecule has 1 aliphatic rings. The van der Waals surface area contributed by atoms with Crippen LogP contribution in [0.1, 0.15) is 18.1 Å². The van der Waals surface area contributed by atoms with Gasteiger partial charge in [-0.3, -0.25) is 4.79 Å². The molecule has 0 aromatic heterocycles. The summed E-state index contributed by atoms with van der Waals surface area (Å²) in [6.07, 6.45) is -5.43. The number of halogens is 3. The fourth-order valence-corrected chi connectivity index (χ4v) is 4.88. The van der Waals surface area contributed by atoms with Crippen LogP contribution in [0, 0.1) is 0 Å². The third kappa shape index (κ3) is 6.26. The Hall–Kier alpha value is -3.12. The molecular weight excluding hydrogens is 475 g/mol. The zero-order valence-corrected chi connectivity index (χ0v) is 19.1. The average molecular weight is 500 g/mol. The van der Waals surface area contributed by atoms with Crippen molar-refractivity contribution < 1.29 is 35.9 Å². The minimum atomic E-state index is -4.66. The topological polar surface area (TPSA) is 96.0 Å². The number of ether oxygens (including phenoxy) is 1. The first-order valence-electron chi connectivity index (χ1n) is 10.4.